The predicted molar refractivity (Wildman–Crippen MR) is 98.2 cm³/mol. The van der Waals surface area contributed by atoms with E-state index in [2.05, 4.69) is 4.98 Å². The van der Waals surface area contributed by atoms with E-state index in [-0.39, 0.29) is 15.8 Å². The number of aromatic nitrogens is 2. The Labute approximate surface area is 154 Å². The van der Waals surface area contributed by atoms with Crippen molar-refractivity contribution >= 4 is 51.5 Å². The zero-order valence-corrected chi connectivity index (χ0v) is 15.8. The molecule has 2 rings (SSSR count). The van der Waals surface area contributed by atoms with Crippen molar-refractivity contribution in [1.29, 1.82) is 0 Å². The fourth-order valence-electron chi connectivity index (χ4n) is 1.82. The summed E-state index contributed by atoms with van der Waals surface area (Å²) in [7, 11) is 0. The Morgan fingerprint density at radius 3 is 2.78 bits per heavy atom. The van der Waals surface area contributed by atoms with Gasteiger partial charge in [0.25, 0.3) is 4.45 Å². The van der Waals surface area contributed by atoms with E-state index in [4.69, 9.17) is 27.4 Å². The van der Waals surface area contributed by atoms with E-state index in [9.17, 15) is 4.79 Å². The zero-order valence-electron chi connectivity index (χ0n) is 12.6. The van der Waals surface area contributed by atoms with Crippen molar-refractivity contribution in [3.8, 4) is 0 Å². The lowest BCUT2D eigenvalue weighted by molar-refractivity contribution is 0.265. The number of carbonyl (C=O) groups is 1. The smallest absolute Gasteiger partial charge is 0.273 e. The highest BCUT2D eigenvalue weighted by Crippen LogP contribution is 2.39. The molecule has 0 aliphatic rings. The summed E-state index contributed by atoms with van der Waals surface area (Å²) in [6, 6.07) is 5.30. The van der Waals surface area contributed by atoms with E-state index in [0.29, 0.717) is 16.6 Å². The molecule has 0 radical (unpaired) electrons. The van der Waals surface area contributed by atoms with Gasteiger partial charge in [0.15, 0.2) is 0 Å². The maximum atomic E-state index is 12.1. The number of carbonyl (C=O) groups excluding carboxylic acids is 1. The van der Waals surface area contributed by atoms with Crippen molar-refractivity contribution in [2.24, 2.45) is 0 Å². The van der Waals surface area contributed by atoms with Crippen molar-refractivity contribution in [2.75, 3.05) is 0 Å². The number of imidazole rings is 1. The van der Waals surface area contributed by atoms with Crippen LogP contribution in [0.2, 0.25) is 10.0 Å². The monoisotopic (exact) mass is 390 g/mol. The molecule has 0 saturated carbocycles. The first-order valence-corrected chi connectivity index (χ1v) is 9.28. The van der Waals surface area contributed by atoms with E-state index in [0.717, 1.165) is 17.6 Å². The maximum absolute atomic E-state index is 12.1. The van der Waals surface area contributed by atoms with E-state index >= 15 is 0 Å². The van der Waals surface area contributed by atoms with Gasteiger partial charge < -0.3 is 8.75 Å². The number of benzene rings is 1. The van der Waals surface area contributed by atoms with Crippen molar-refractivity contribution in [3.63, 3.8) is 0 Å². The molecule has 1 atom stereocenters. The lowest BCUT2D eigenvalue weighted by atomic mass is 10.1. The second kappa shape index (κ2) is 8.99. The molecule has 0 saturated heterocycles. The van der Waals surface area contributed by atoms with Crippen molar-refractivity contribution in [1.82, 2.24) is 9.55 Å². The van der Waals surface area contributed by atoms with Crippen molar-refractivity contribution < 1.29 is 8.98 Å². The third-order valence-electron chi connectivity index (χ3n) is 2.79. The van der Waals surface area contributed by atoms with Gasteiger partial charge in [0.2, 0.25) is 0 Å². The number of thioether (sulfide) groups is 1. The van der Waals surface area contributed by atoms with Crippen LogP contribution in [0.3, 0.4) is 0 Å². The summed E-state index contributed by atoms with van der Waals surface area (Å²) in [5.41, 5.74) is 0.855. The second-order valence-electron chi connectivity index (χ2n) is 5.01. The minimum atomic E-state index is -0.162. The van der Waals surface area contributed by atoms with Crippen LogP contribution in [0.5, 0.6) is 0 Å². The van der Waals surface area contributed by atoms with Crippen LogP contribution in [-0.4, -0.2) is 20.1 Å². The highest BCUT2D eigenvalue weighted by atomic mass is 35.5. The summed E-state index contributed by atoms with van der Waals surface area (Å²) in [5.74, 6) is 0. The molecule has 1 aromatic heterocycles. The first-order valence-electron chi connectivity index (χ1n) is 6.90. The average Bonchev–Trinajstić information content (AvgIpc) is 2.97. The standard InChI is InChI=1S/C15H16Cl2N2O2S2/c1-10(2)21-23-15(20)22-14(8-19-6-5-18-9-19)12-4-3-11(16)7-13(12)17/h3-7,9-10,14H,8H2,1-2H3. The molecule has 2 aromatic rings. The quantitative estimate of drug-likeness (QED) is 0.578. The molecule has 4 nitrogen and oxygen atoms in total. The normalized spacial score (nSPS) is 12.6. The number of nitrogens with zero attached hydrogens (tertiary/aromatic N) is 2. The fraction of sp³-hybridized carbons (Fsp3) is 0.333. The van der Waals surface area contributed by atoms with Crippen LogP contribution in [-0.2, 0) is 10.7 Å². The van der Waals surface area contributed by atoms with Gasteiger partial charge in [-0.1, -0.05) is 41.0 Å². The Kier molecular flexibility index (Phi) is 7.30. The molecule has 0 bridgehead atoms. The molecule has 1 aromatic carbocycles. The van der Waals surface area contributed by atoms with Crippen LogP contribution in [0.4, 0.5) is 4.79 Å². The van der Waals surface area contributed by atoms with Crippen LogP contribution in [0.25, 0.3) is 0 Å². The van der Waals surface area contributed by atoms with E-state index in [1.165, 1.54) is 11.8 Å². The molecule has 0 N–H and O–H groups in total. The Morgan fingerprint density at radius 1 is 1.39 bits per heavy atom. The lowest BCUT2D eigenvalue weighted by Gasteiger charge is -2.18. The maximum Gasteiger partial charge on any atom is 0.273 e. The SMILES string of the molecule is CC(C)OSC(=O)SC(Cn1ccnc1)c1ccc(Cl)cc1Cl. The van der Waals surface area contributed by atoms with Crippen LogP contribution in [0.1, 0.15) is 24.7 Å². The van der Waals surface area contributed by atoms with E-state index in [1.807, 2.05) is 30.7 Å². The van der Waals surface area contributed by atoms with Gasteiger partial charge in [-0.25, -0.2) is 4.98 Å². The summed E-state index contributed by atoms with van der Waals surface area (Å²) < 4.78 is 7.09. The Bertz CT molecular complexity index is 651. The van der Waals surface area contributed by atoms with E-state index in [1.54, 1.807) is 24.7 Å². The van der Waals surface area contributed by atoms with Gasteiger partial charge in [-0.2, -0.15) is 0 Å². The van der Waals surface area contributed by atoms with E-state index < -0.39 is 0 Å². The lowest BCUT2D eigenvalue weighted by Crippen LogP contribution is -2.07. The number of rotatable bonds is 6. The molecule has 0 amide bonds. The molecule has 1 unspecified atom stereocenters. The van der Waals surface area contributed by atoms with Gasteiger partial charge >= 0.3 is 0 Å². The molecule has 0 aliphatic heterocycles. The number of hydrogen-bond donors (Lipinski definition) is 0. The Morgan fingerprint density at radius 2 is 2.17 bits per heavy atom. The average molecular weight is 391 g/mol. The zero-order chi connectivity index (χ0) is 16.8. The van der Waals surface area contributed by atoms with Gasteiger partial charge in [0.05, 0.1) is 29.7 Å². The van der Waals surface area contributed by atoms with Gasteiger partial charge in [-0.15, -0.1) is 0 Å². The molecule has 0 aliphatic carbocycles. The van der Waals surface area contributed by atoms with Crippen LogP contribution in [0, 0.1) is 0 Å². The van der Waals surface area contributed by atoms with Crippen molar-refractivity contribution in [2.45, 2.75) is 31.7 Å². The molecule has 0 fully saturated rings. The van der Waals surface area contributed by atoms with Crippen LogP contribution in [0.15, 0.2) is 36.9 Å². The predicted octanol–water partition coefficient (Wildman–Crippen LogP) is 5.86. The highest BCUT2D eigenvalue weighted by molar-refractivity contribution is 8.36. The van der Waals surface area contributed by atoms with Gasteiger partial charge in [0, 0.05) is 29.0 Å². The molecule has 1 heterocycles. The first kappa shape index (κ1) is 18.7. The Hall–Kier alpha value is -0.660. The minimum absolute atomic E-state index is 0.0178. The molecule has 0 spiro atoms. The third-order valence-corrected chi connectivity index (χ3v) is 5.34. The number of hydrogen-bond acceptors (Lipinski definition) is 5. The third kappa shape index (κ3) is 6.04. The first-order chi connectivity index (χ1) is 11.0. The molecular formula is C15H16Cl2N2O2S2. The summed E-state index contributed by atoms with van der Waals surface area (Å²) in [5, 5.41) is 0.941. The minimum Gasteiger partial charge on any atom is -0.336 e. The second-order valence-corrected chi connectivity index (χ2v) is 8.02. The van der Waals surface area contributed by atoms with Gasteiger partial charge in [-0.05, 0) is 31.5 Å². The van der Waals surface area contributed by atoms with Crippen molar-refractivity contribution in [3.05, 3.63) is 52.5 Å². The summed E-state index contributed by atoms with van der Waals surface area (Å²) >= 11 is 14.3. The molecule has 23 heavy (non-hydrogen) atoms. The molecule has 8 heteroatoms. The van der Waals surface area contributed by atoms with Crippen LogP contribution < -0.4 is 0 Å². The Balaban J connectivity index is 2.16. The summed E-state index contributed by atoms with van der Waals surface area (Å²) in [6.07, 6.45) is 5.24. The number of halogens is 2. The summed E-state index contributed by atoms with van der Waals surface area (Å²) in [6.45, 7) is 4.33. The largest absolute Gasteiger partial charge is 0.336 e. The van der Waals surface area contributed by atoms with Crippen LogP contribution >= 0.6 is 47.0 Å². The fourth-order valence-corrected chi connectivity index (χ4v) is 4.13. The van der Waals surface area contributed by atoms with Gasteiger partial charge in [-0.3, -0.25) is 4.79 Å². The molecule has 124 valence electrons. The highest BCUT2D eigenvalue weighted by Gasteiger charge is 2.21. The topological polar surface area (TPSA) is 44.1 Å². The van der Waals surface area contributed by atoms with Gasteiger partial charge in [0.1, 0.15) is 0 Å². The summed E-state index contributed by atoms with van der Waals surface area (Å²) in [4.78, 5) is 16.2. The molecular weight excluding hydrogens is 375 g/mol.